The van der Waals surface area contributed by atoms with Crippen molar-refractivity contribution >= 4 is 28.3 Å². The summed E-state index contributed by atoms with van der Waals surface area (Å²) in [5.74, 6) is -0.218. The first-order valence-electron chi connectivity index (χ1n) is 5.74. The number of halogens is 3. The van der Waals surface area contributed by atoms with Crippen molar-refractivity contribution in [3.8, 4) is 0 Å². The maximum Gasteiger partial charge on any atom is 0.137 e. The number of nitrogens with one attached hydrogen (secondary N) is 1. The van der Waals surface area contributed by atoms with Gasteiger partial charge in [-0.1, -0.05) is 12.1 Å². The van der Waals surface area contributed by atoms with Crippen molar-refractivity contribution < 1.29 is 4.39 Å². The van der Waals surface area contributed by atoms with Crippen LogP contribution in [-0.4, -0.2) is 31.1 Å². The summed E-state index contributed by atoms with van der Waals surface area (Å²) in [6.45, 7) is 7.75. The first-order valence-corrected chi connectivity index (χ1v) is 6.54. The van der Waals surface area contributed by atoms with E-state index in [4.69, 9.17) is 0 Å². The molecule has 0 amide bonds. The van der Waals surface area contributed by atoms with Crippen LogP contribution in [0, 0.1) is 5.82 Å². The summed E-state index contributed by atoms with van der Waals surface area (Å²) in [6.07, 6.45) is 1.88. The molecule has 1 aromatic rings. The number of nitrogens with zero attached hydrogens (tertiary/aromatic N) is 1. The Bertz CT molecular complexity index is 408. The van der Waals surface area contributed by atoms with E-state index in [0.29, 0.717) is 4.47 Å². The van der Waals surface area contributed by atoms with E-state index in [1.807, 2.05) is 12.1 Å². The molecule has 1 saturated heterocycles. The maximum absolute atomic E-state index is 13.5. The highest BCUT2D eigenvalue weighted by atomic mass is 79.9. The molecular formula is C13H17BrClFN2. The molecule has 1 aromatic carbocycles. The highest BCUT2D eigenvalue weighted by Gasteiger charge is 2.19. The molecule has 18 heavy (non-hydrogen) atoms. The zero-order chi connectivity index (χ0) is 12.3. The molecule has 0 aliphatic carbocycles. The standard InChI is InChI=1S/C13H16BrFN2.ClH/c1-2-13(17-7-5-16-6-8-17)10-3-4-11(14)12(15)9-10;/h2-4,9,13,16H,1,5-8H2;1H/t13-;/m0./s1. The monoisotopic (exact) mass is 334 g/mol. The van der Waals surface area contributed by atoms with Crippen LogP contribution in [0.4, 0.5) is 4.39 Å². The number of piperazine rings is 1. The molecule has 0 saturated carbocycles. The Kier molecular flexibility index (Phi) is 6.29. The number of hydrogen-bond acceptors (Lipinski definition) is 2. The van der Waals surface area contributed by atoms with Crippen molar-refractivity contribution in [2.75, 3.05) is 26.2 Å². The van der Waals surface area contributed by atoms with Gasteiger partial charge in [-0.05, 0) is 33.6 Å². The molecule has 1 atom stereocenters. The van der Waals surface area contributed by atoms with Gasteiger partial charge in [0.2, 0.25) is 0 Å². The topological polar surface area (TPSA) is 15.3 Å². The lowest BCUT2D eigenvalue weighted by molar-refractivity contribution is 0.203. The fourth-order valence-corrected chi connectivity index (χ4v) is 2.40. The van der Waals surface area contributed by atoms with Crippen LogP contribution in [0.15, 0.2) is 35.3 Å². The van der Waals surface area contributed by atoms with E-state index in [0.717, 1.165) is 31.7 Å². The SMILES string of the molecule is C=C[C@@H](c1ccc(Br)c(F)c1)N1CCNCC1.Cl. The zero-order valence-corrected chi connectivity index (χ0v) is 12.4. The van der Waals surface area contributed by atoms with E-state index >= 15 is 0 Å². The van der Waals surface area contributed by atoms with Gasteiger partial charge in [0.25, 0.3) is 0 Å². The van der Waals surface area contributed by atoms with Crippen LogP contribution in [0.5, 0.6) is 0 Å². The molecule has 0 spiro atoms. The van der Waals surface area contributed by atoms with Gasteiger partial charge in [-0.15, -0.1) is 19.0 Å². The summed E-state index contributed by atoms with van der Waals surface area (Å²) in [7, 11) is 0. The molecule has 0 radical (unpaired) electrons. The first-order chi connectivity index (χ1) is 8.22. The number of benzene rings is 1. The van der Waals surface area contributed by atoms with Gasteiger partial charge in [-0.2, -0.15) is 0 Å². The van der Waals surface area contributed by atoms with Gasteiger partial charge in [0.1, 0.15) is 5.82 Å². The van der Waals surface area contributed by atoms with Crippen molar-refractivity contribution in [2.24, 2.45) is 0 Å². The smallest absolute Gasteiger partial charge is 0.137 e. The molecule has 100 valence electrons. The summed E-state index contributed by atoms with van der Waals surface area (Å²) in [4.78, 5) is 2.31. The van der Waals surface area contributed by atoms with Gasteiger partial charge in [0, 0.05) is 26.2 Å². The molecule has 1 aliphatic rings. The Labute approximate surface area is 122 Å². The zero-order valence-electron chi connectivity index (χ0n) is 10.0. The molecule has 0 bridgehead atoms. The molecule has 0 aromatic heterocycles. The lowest BCUT2D eigenvalue weighted by atomic mass is 10.0. The Morgan fingerprint density at radius 1 is 1.39 bits per heavy atom. The van der Waals surface area contributed by atoms with Crippen LogP contribution in [0.25, 0.3) is 0 Å². The molecule has 1 aliphatic heterocycles. The highest BCUT2D eigenvalue weighted by molar-refractivity contribution is 9.10. The number of rotatable bonds is 3. The first kappa shape index (κ1) is 15.6. The molecular weight excluding hydrogens is 319 g/mol. The molecule has 0 unspecified atom stereocenters. The van der Waals surface area contributed by atoms with E-state index < -0.39 is 0 Å². The van der Waals surface area contributed by atoms with Crippen LogP contribution in [0.1, 0.15) is 11.6 Å². The Hall–Kier alpha value is -0.420. The third-order valence-electron chi connectivity index (χ3n) is 3.05. The third kappa shape index (κ3) is 3.54. The molecule has 2 rings (SSSR count). The predicted octanol–water partition coefficient (Wildman–Crippen LogP) is 3.14. The van der Waals surface area contributed by atoms with Gasteiger partial charge >= 0.3 is 0 Å². The van der Waals surface area contributed by atoms with Crippen molar-refractivity contribution in [2.45, 2.75) is 6.04 Å². The summed E-state index contributed by atoms with van der Waals surface area (Å²) >= 11 is 3.17. The average molecular weight is 336 g/mol. The second-order valence-corrected chi connectivity index (χ2v) is 4.99. The Morgan fingerprint density at radius 3 is 2.61 bits per heavy atom. The van der Waals surface area contributed by atoms with Crippen LogP contribution in [0.3, 0.4) is 0 Å². The van der Waals surface area contributed by atoms with E-state index in [-0.39, 0.29) is 24.3 Å². The van der Waals surface area contributed by atoms with Gasteiger partial charge in [-0.25, -0.2) is 4.39 Å². The second kappa shape index (κ2) is 7.24. The average Bonchev–Trinajstić information content (AvgIpc) is 2.36. The predicted molar refractivity (Wildman–Crippen MR) is 78.7 cm³/mol. The third-order valence-corrected chi connectivity index (χ3v) is 3.70. The maximum atomic E-state index is 13.5. The van der Waals surface area contributed by atoms with Crippen LogP contribution in [0.2, 0.25) is 0 Å². The minimum Gasteiger partial charge on any atom is -0.314 e. The molecule has 1 fully saturated rings. The van der Waals surface area contributed by atoms with Crippen LogP contribution < -0.4 is 5.32 Å². The largest absolute Gasteiger partial charge is 0.314 e. The van der Waals surface area contributed by atoms with E-state index in [2.05, 4.69) is 32.7 Å². The van der Waals surface area contributed by atoms with E-state index in [1.165, 1.54) is 0 Å². The van der Waals surface area contributed by atoms with Crippen LogP contribution >= 0.6 is 28.3 Å². The van der Waals surface area contributed by atoms with Gasteiger partial charge in [0.05, 0.1) is 10.5 Å². The van der Waals surface area contributed by atoms with Gasteiger partial charge in [-0.3, -0.25) is 4.90 Å². The van der Waals surface area contributed by atoms with Crippen molar-refractivity contribution in [3.63, 3.8) is 0 Å². The van der Waals surface area contributed by atoms with Crippen LogP contribution in [-0.2, 0) is 0 Å². The number of hydrogen-bond donors (Lipinski definition) is 1. The Morgan fingerprint density at radius 2 is 2.06 bits per heavy atom. The Balaban J connectivity index is 0.00000162. The minimum atomic E-state index is -0.218. The second-order valence-electron chi connectivity index (χ2n) is 4.14. The van der Waals surface area contributed by atoms with Crippen molar-refractivity contribution in [1.29, 1.82) is 0 Å². The highest BCUT2D eigenvalue weighted by Crippen LogP contribution is 2.25. The van der Waals surface area contributed by atoms with Gasteiger partial charge in [0.15, 0.2) is 0 Å². The molecule has 2 nitrogen and oxygen atoms in total. The lowest BCUT2D eigenvalue weighted by Crippen LogP contribution is -2.44. The van der Waals surface area contributed by atoms with Crippen molar-refractivity contribution in [1.82, 2.24) is 10.2 Å². The summed E-state index contributed by atoms with van der Waals surface area (Å²) in [5, 5.41) is 3.31. The fraction of sp³-hybridized carbons (Fsp3) is 0.385. The quantitative estimate of drug-likeness (QED) is 0.854. The van der Waals surface area contributed by atoms with Crippen molar-refractivity contribution in [3.05, 3.63) is 46.7 Å². The summed E-state index contributed by atoms with van der Waals surface area (Å²) < 4.78 is 14.0. The van der Waals surface area contributed by atoms with E-state index in [1.54, 1.807) is 12.1 Å². The normalized spacial score (nSPS) is 17.9. The molecule has 5 heteroatoms. The molecule has 1 heterocycles. The minimum absolute atomic E-state index is 0. The summed E-state index contributed by atoms with van der Waals surface area (Å²) in [6, 6.07) is 5.38. The lowest BCUT2D eigenvalue weighted by Gasteiger charge is -2.33. The fourth-order valence-electron chi connectivity index (χ4n) is 2.15. The van der Waals surface area contributed by atoms with E-state index in [9.17, 15) is 4.39 Å². The molecule has 1 N–H and O–H groups in total. The van der Waals surface area contributed by atoms with Gasteiger partial charge < -0.3 is 5.32 Å². The summed E-state index contributed by atoms with van der Waals surface area (Å²) in [5.41, 5.74) is 0.961.